The van der Waals surface area contributed by atoms with Crippen LogP contribution >= 0.6 is 23.2 Å². The number of anilines is 1. The zero-order valence-electron chi connectivity index (χ0n) is 21.7. The molecule has 0 N–H and O–H groups in total. The summed E-state index contributed by atoms with van der Waals surface area (Å²) in [6.45, 7) is 2.09. The van der Waals surface area contributed by atoms with Crippen molar-refractivity contribution in [3.63, 3.8) is 0 Å². The number of rotatable bonds is 8. The van der Waals surface area contributed by atoms with Crippen LogP contribution in [0.5, 0.6) is 0 Å². The summed E-state index contributed by atoms with van der Waals surface area (Å²) in [7, 11) is -1.58. The van der Waals surface area contributed by atoms with Crippen LogP contribution in [0, 0.1) is 5.92 Å². The van der Waals surface area contributed by atoms with Crippen LogP contribution in [0.15, 0.2) is 47.5 Å². The van der Waals surface area contributed by atoms with Gasteiger partial charge in [-0.1, -0.05) is 35.7 Å². The lowest BCUT2D eigenvalue weighted by atomic mass is 9.87. The molecule has 2 fully saturated rings. The van der Waals surface area contributed by atoms with E-state index in [4.69, 9.17) is 23.2 Å². The Balaban J connectivity index is 1.26. The third-order valence-electron chi connectivity index (χ3n) is 7.61. The van der Waals surface area contributed by atoms with Gasteiger partial charge in [-0.15, -0.1) is 0 Å². The quantitative estimate of drug-likeness (QED) is 0.397. The van der Waals surface area contributed by atoms with Crippen LogP contribution in [-0.2, 0) is 27.9 Å². The zero-order chi connectivity index (χ0) is 27.7. The Morgan fingerprint density at radius 3 is 2.46 bits per heavy atom. The maximum absolute atomic E-state index is 13.3. The van der Waals surface area contributed by atoms with Crippen LogP contribution in [0.2, 0.25) is 10.0 Å². The van der Waals surface area contributed by atoms with Crippen molar-refractivity contribution in [2.24, 2.45) is 5.92 Å². The van der Waals surface area contributed by atoms with Gasteiger partial charge in [0.25, 0.3) is 5.56 Å². The molecule has 1 aliphatic heterocycles. The summed E-state index contributed by atoms with van der Waals surface area (Å²) < 4.78 is 28.4. The summed E-state index contributed by atoms with van der Waals surface area (Å²) in [4.78, 5) is 34.2. The van der Waals surface area contributed by atoms with Gasteiger partial charge in [-0.2, -0.15) is 4.31 Å². The Morgan fingerprint density at radius 1 is 1.05 bits per heavy atom. The van der Waals surface area contributed by atoms with E-state index in [-0.39, 0.29) is 23.8 Å². The third-order valence-corrected chi connectivity index (χ3v) is 10.4. The van der Waals surface area contributed by atoms with Crippen molar-refractivity contribution in [3.8, 4) is 0 Å². The first kappa shape index (κ1) is 27.9. The fraction of sp³-hybridized carbons (Fsp3) is 0.444. The Hall–Kier alpha value is -2.66. The molecule has 0 unspecified atom stereocenters. The Bertz CT molecular complexity index is 1550. The fourth-order valence-corrected chi connectivity index (χ4v) is 7.19. The predicted octanol–water partition coefficient (Wildman–Crippen LogP) is 3.61. The topological polar surface area (TPSA) is 95.8 Å². The van der Waals surface area contributed by atoms with Crippen LogP contribution in [0.3, 0.4) is 0 Å². The minimum atomic E-state index is -3.24. The minimum Gasteiger partial charge on any atom is -0.369 e. The number of amides is 1. The third kappa shape index (κ3) is 6.24. The second-order valence-electron chi connectivity index (χ2n) is 10.3. The highest BCUT2D eigenvalue weighted by atomic mass is 35.5. The predicted molar refractivity (Wildman–Crippen MR) is 154 cm³/mol. The van der Waals surface area contributed by atoms with Gasteiger partial charge < -0.3 is 9.80 Å². The number of carbonyl (C=O) groups excluding carboxylic acids is 1. The highest BCUT2D eigenvalue weighted by Crippen LogP contribution is 2.29. The Kier molecular flexibility index (Phi) is 8.19. The molecule has 5 rings (SSSR count). The summed E-state index contributed by atoms with van der Waals surface area (Å²) in [6, 6.07) is 10.7. The van der Waals surface area contributed by atoms with Gasteiger partial charge >= 0.3 is 0 Å². The van der Waals surface area contributed by atoms with E-state index in [2.05, 4.69) is 9.88 Å². The van der Waals surface area contributed by atoms with Crippen molar-refractivity contribution in [2.75, 3.05) is 43.9 Å². The Labute approximate surface area is 238 Å². The van der Waals surface area contributed by atoms with Crippen LogP contribution in [-0.4, -0.2) is 72.1 Å². The zero-order valence-corrected chi connectivity index (χ0v) is 24.1. The number of hydrogen-bond donors (Lipinski definition) is 0. The highest BCUT2D eigenvalue weighted by Gasteiger charge is 2.31. The van der Waals surface area contributed by atoms with E-state index >= 15 is 0 Å². The van der Waals surface area contributed by atoms with Crippen LogP contribution in [0.4, 0.5) is 5.69 Å². The standard InChI is InChI=1S/C27H31Cl2N5O4S/c1-31(15-20-5-7-23(28)24(29)13-20)26(35)16-33-18-30-25-8-6-21(14-22(25)27(33)36)32-9-11-34(12-10-32)39(37,38)17-19-3-2-4-19/h5-8,13-14,18-19H,2-4,9-12,15-17H2,1H3. The van der Waals surface area contributed by atoms with Gasteiger partial charge in [-0.3, -0.25) is 14.2 Å². The van der Waals surface area contributed by atoms with Crippen LogP contribution < -0.4 is 10.5 Å². The summed E-state index contributed by atoms with van der Waals surface area (Å²) in [5.74, 6) is 0.292. The van der Waals surface area contributed by atoms with Crippen LogP contribution in [0.25, 0.3) is 10.9 Å². The first-order chi connectivity index (χ1) is 18.6. The number of nitrogens with zero attached hydrogens (tertiary/aromatic N) is 5. The maximum Gasteiger partial charge on any atom is 0.261 e. The van der Waals surface area contributed by atoms with E-state index in [1.807, 2.05) is 6.07 Å². The SMILES string of the molecule is CN(Cc1ccc(Cl)c(Cl)c1)C(=O)Cn1cnc2ccc(N3CCN(S(=O)(=O)CC4CCC4)CC3)cc2c1=O. The number of piperazine rings is 1. The molecule has 2 heterocycles. The van der Waals surface area contributed by atoms with Crippen molar-refractivity contribution in [1.29, 1.82) is 0 Å². The van der Waals surface area contributed by atoms with Crippen molar-refractivity contribution >= 4 is 55.7 Å². The number of halogens is 2. The second-order valence-corrected chi connectivity index (χ2v) is 13.2. The van der Waals surface area contributed by atoms with Gasteiger partial charge in [-0.05, 0) is 54.7 Å². The first-order valence-electron chi connectivity index (χ1n) is 13.0. The lowest BCUT2D eigenvalue weighted by Crippen LogP contribution is -2.50. The first-order valence-corrected chi connectivity index (χ1v) is 15.4. The normalized spacial score (nSPS) is 16.8. The molecule has 39 heavy (non-hydrogen) atoms. The Morgan fingerprint density at radius 2 is 1.79 bits per heavy atom. The molecular weight excluding hydrogens is 561 g/mol. The molecule has 2 aromatic carbocycles. The molecule has 0 bridgehead atoms. The van der Waals surface area contributed by atoms with Crippen molar-refractivity contribution in [3.05, 3.63) is 68.7 Å². The van der Waals surface area contributed by atoms with Gasteiger partial charge in [0, 0.05) is 45.5 Å². The number of aromatic nitrogens is 2. The molecule has 0 radical (unpaired) electrons. The van der Waals surface area contributed by atoms with E-state index in [1.54, 1.807) is 41.7 Å². The average molecular weight is 593 g/mol. The van der Waals surface area contributed by atoms with E-state index in [0.717, 1.165) is 30.5 Å². The van der Waals surface area contributed by atoms with Gasteiger partial charge in [0.15, 0.2) is 0 Å². The number of sulfonamides is 1. The average Bonchev–Trinajstić information content (AvgIpc) is 2.90. The number of carbonyl (C=O) groups is 1. The number of likely N-dealkylation sites (N-methyl/N-ethyl adjacent to an activating group) is 1. The maximum atomic E-state index is 13.3. The lowest BCUT2D eigenvalue weighted by molar-refractivity contribution is -0.131. The molecule has 208 valence electrons. The van der Waals surface area contributed by atoms with Crippen molar-refractivity contribution in [2.45, 2.75) is 32.4 Å². The van der Waals surface area contributed by atoms with Gasteiger partial charge in [0.05, 0.1) is 33.0 Å². The molecule has 12 heteroatoms. The number of fused-ring (bicyclic) bond motifs is 1. The second kappa shape index (κ2) is 11.4. The highest BCUT2D eigenvalue weighted by molar-refractivity contribution is 7.89. The molecule has 0 atom stereocenters. The van der Waals surface area contributed by atoms with Gasteiger partial charge in [-0.25, -0.2) is 13.4 Å². The van der Waals surface area contributed by atoms with E-state index in [9.17, 15) is 18.0 Å². The molecule has 1 aliphatic carbocycles. The van der Waals surface area contributed by atoms with E-state index < -0.39 is 10.0 Å². The molecule has 9 nitrogen and oxygen atoms in total. The molecule has 1 amide bonds. The summed E-state index contributed by atoms with van der Waals surface area (Å²) in [6.07, 6.45) is 4.51. The molecule has 1 saturated carbocycles. The molecular formula is C27H31Cl2N5O4S. The van der Waals surface area contributed by atoms with E-state index in [0.29, 0.717) is 59.6 Å². The smallest absolute Gasteiger partial charge is 0.261 e. The molecule has 1 aromatic heterocycles. The monoisotopic (exact) mass is 591 g/mol. The van der Waals surface area contributed by atoms with Gasteiger partial charge in [0.1, 0.15) is 6.54 Å². The molecule has 2 aliphatic rings. The largest absolute Gasteiger partial charge is 0.369 e. The lowest BCUT2D eigenvalue weighted by Gasteiger charge is -2.36. The fourth-order valence-electron chi connectivity index (χ4n) is 5.01. The van der Waals surface area contributed by atoms with Gasteiger partial charge in [0.2, 0.25) is 15.9 Å². The van der Waals surface area contributed by atoms with Crippen LogP contribution in [0.1, 0.15) is 24.8 Å². The number of benzene rings is 2. The summed E-state index contributed by atoms with van der Waals surface area (Å²) in [5, 5.41) is 1.27. The van der Waals surface area contributed by atoms with E-state index in [1.165, 1.54) is 15.8 Å². The number of hydrogen-bond acceptors (Lipinski definition) is 6. The van der Waals surface area contributed by atoms with Crippen molar-refractivity contribution in [1.82, 2.24) is 18.8 Å². The summed E-state index contributed by atoms with van der Waals surface area (Å²) in [5.41, 5.74) is 1.89. The summed E-state index contributed by atoms with van der Waals surface area (Å²) >= 11 is 12.1. The molecule has 1 saturated heterocycles. The molecule has 3 aromatic rings. The van der Waals surface area contributed by atoms with Crippen molar-refractivity contribution < 1.29 is 13.2 Å². The molecule has 0 spiro atoms. The minimum absolute atomic E-state index is 0.151.